The first kappa shape index (κ1) is 14.2. The van der Waals surface area contributed by atoms with Crippen LogP contribution in [0.3, 0.4) is 0 Å². The van der Waals surface area contributed by atoms with Crippen molar-refractivity contribution >= 4 is 44.6 Å². The number of fused-ring (bicyclic) bond motifs is 1. The molecule has 114 valence electrons. The number of aromatic nitrogens is 2. The number of para-hydroxylation sites is 1. The first-order valence-electron chi connectivity index (χ1n) is 7.14. The van der Waals surface area contributed by atoms with E-state index >= 15 is 0 Å². The Morgan fingerprint density at radius 3 is 2.83 bits per heavy atom. The number of carbonyl (C=O) groups is 1. The van der Waals surface area contributed by atoms with E-state index in [1.54, 1.807) is 17.5 Å². The van der Waals surface area contributed by atoms with Crippen LogP contribution in [-0.4, -0.2) is 15.9 Å². The first-order valence-corrected chi connectivity index (χ1v) is 8.90. The Morgan fingerprint density at radius 2 is 2.04 bits per heavy atom. The van der Waals surface area contributed by atoms with Crippen LogP contribution in [0.15, 0.2) is 53.4 Å². The highest BCUT2D eigenvalue weighted by Gasteiger charge is 2.17. The maximum atomic E-state index is 12.4. The van der Waals surface area contributed by atoms with Crippen molar-refractivity contribution in [3.8, 4) is 10.6 Å². The standard InChI is InChI=1S/C17H13N3OS2/c21-15(20-17-18-7-9-23-17)10-12-11-4-1-2-5-13(11)19-16(12)14-6-3-8-22-14/h1-9,19H,10H2,(H,18,20,21). The van der Waals surface area contributed by atoms with Crippen LogP contribution in [0.25, 0.3) is 21.5 Å². The van der Waals surface area contributed by atoms with Crippen LogP contribution in [0, 0.1) is 0 Å². The van der Waals surface area contributed by atoms with Crippen LogP contribution in [0.2, 0.25) is 0 Å². The van der Waals surface area contributed by atoms with Crippen molar-refractivity contribution in [3.63, 3.8) is 0 Å². The summed E-state index contributed by atoms with van der Waals surface area (Å²) in [4.78, 5) is 21.1. The van der Waals surface area contributed by atoms with Crippen molar-refractivity contribution in [2.24, 2.45) is 0 Å². The molecule has 0 atom stereocenters. The molecule has 3 heterocycles. The lowest BCUT2D eigenvalue weighted by molar-refractivity contribution is -0.115. The summed E-state index contributed by atoms with van der Waals surface area (Å²) >= 11 is 3.09. The minimum Gasteiger partial charge on any atom is -0.354 e. The predicted molar refractivity (Wildman–Crippen MR) is 96.1 cm³/mol. The third-order valence-corrected chi connectivity index (χ3v) is 5.17. The Bertz CT molecular complexity index is 940. The van der Waals surface area contributed by atoms with Gasteiger partial charge in [-0.2, -0.15) is 0 Å². The molecular formula is C17H13N3OS2. The number of aromatic amines is 1. The smallest absolute Gasteiger partial charge is 0.230 e. The quantitative estimate of drug-likeness (QED) is 0.574. The third-order valence-electron chi connectivity index (χ3n) is 3.60. The SMILES string of the molecule is O=C(Cc1c(-c2cccs2)[nH]c2ccccc12)Nc1nccs1. The van der Waals surface area contributed by atoms with Gasteiger partial charge in [0.1, 0.15) is 0 Å². The molecule has 4 aromatic rings. The Kier molecular flexibility index (Phi) is 3.69. The van der Waals surface area contributed by atoms with Gasteiger partial charge < -0.3 is 10.3 Å². The summed E-state index contributed by atoms with van der Waals surface area (Å²) in [5.74, 6) is -0.0532. The van der Waals surface area contributed by atoms with Crippen LogP contribution in [0.5, 0.6) is 0 Å². The maximum Gasteiger partial charge on any atom is 0.230 e. The number of nitrogens with zero attached hydrogens (tertiary/aromatic N) is 1. The van der Waals surface area contributed by atoms with Crippen molar-refractivity contribution in [1.29, 1.82) is 0 Å². The molecule has 0 unspecified atom stereocenters. The van der Waals surface area contributed by atoms with E-state index in [1.165, 1.54) is 11.3 Å². The van der Waals surface area contributed by atoms with Gasteiger partial charge in [0.2, 0.25) is 5.91 Å². The summed E-state index contributed by atoms with van der Waals surface area (Å²) in [6.07, 6.45) is 2.00. The van der Waals surface area contributed by atoms with E-state index < -0.39 is 0 Å². The molecule has 6 heteroatoms. The zero-order valence-corrected chi connectivity index (χ0v) is 13.7. The average Bonchev–Trinajstić information content (AvgIpc) is 3.28. The number of hydrogen-bond donors (Lipinski definition) is 2. The number of rotatable bonds is 4. The average molecular weight is 339 g/mol. The maximum absolute atomic E-state index is 12.4. The summed E-state index contributed by atoms with van der Waals surface area (Å²) in [5, 5.41) is 8.46. The van der Waals surface area contributed by atoms with E-state index in [1.807, 2.05) is 35.0 Å². The molecule has 0 radical (unpaired) electrons. The molecule has 0 fully saturated rings. The monoisotopic (exact) mass is 339 g/mol. The van der Waals surface area contributed by atoms with Gasteiger partial charge in [0.15, 0.2) is 5.13 Å². The van der Waals surface area contributed by atoms with Gasteiger partial charge in [-0.3, -0.25) is 4.79 Å². The Morgan fingerprint density at radius 1 is 1.13 bits per heavy atom. The second-order valence-corrected chi connectivity index (χ2v) is 6.91. The molecule has 0 saturated heterocycles. The van der Waals surface area contributed by atoms with Crippen molar-refractivity contribution < 1.29 is 4.79 Å². The number of thiazole rings is 1. The van der Waals surface area contributed by atoms with E-state index in [2.05, 4.69) is 27.4 Å². The fourth-order valence-electron chi connectivity index (χ4n) is 2.62. The van der Waals surface area contributed by atoms with Gasteiger partial charge in [0, 0.05) is 22.5 Å². The molecule has 0 spiro atoms. The fourth-order valence-corrected chi connectivity index (χ4v) is 3.92. The zero-order chi connectivity index (χ0) is 15.6. The lowest BCUT2D eigenvalue weighted by Gasteiger charge is -2.04. The van der Waals surface area contributed by atoms with Crippen LogP contribution in [0.1, 0.15) is 5.56 Å². The number of nitrogens with one attached hydrogen (secondary N) is 2. The lowest BCUT2D eigenvalue weighted by atomic mass is 10.1. The van der Waals surface area contributed by atoms with Crippen molar-refractivity contribution in [1.82, 2.24) is 9.97 Å². The van der Waals surface area contributed by atoms with Gasteiger partial charge in [-0.15, -0.1) is 22.7 Å². The molecule has 0 aliphatic carbocycles. The summed E-state index contributed by atoms with van der Waals surface area (Å²) in [5.41, 5.74) is 3.10. The second kappa shape index (κ2) is 5.98. The van der Waals surface area contributed by atoms with Crippen LogP contribution < -0.4 is 5.32 Å². The van der Waals surface area contributed by atoms with E-state index in [0.29, 0.717) is 11.6 Å². The number of anilines is 1. The molecule has 0 aliphatic rings. The van der Waals surface area contributed by atoms with Crippen molar-refractivity contribution in [3.05, 3.63) is 58.9 Å². The predicted octanol–water partition coefficient (Wildman–Crippen LogP) is 4.53. The highest BCUT2D eigenvalue weighted by atomic mass is 32.1. The molecule has 1 aromatic carbocycles. The van der Waals surface area contributed by atoms with Gasteiger partial charge >= 0.3 is 0 Å². The molecule has 0 bridgehead atoms. The molecule has 0 aliphatic heterocycles. The molecule has 23 heavy (non-hydrogen) atoms. The topological polar surface area (TPSA) is 57.8 Å². The summed E-state index contributed by atoms with van der Waals surface area (Å²) in [6, 6.07) is 12.2. The number of hydrogen-bond acceptors (Lipinski definition) is 4. The minimum atomic E-state index is -0.0532. The molecule has 4 rings (SSSR count). The Labute approximate surface area is 140 Å². The fraction of sp³-hybridized carbons (Fsp3) is 0.0588. The Hall–Kier alpha value is -2.44. The van der Waals surface area contributed by atoms with E-state index in [-0.39, 0.29) is 5.91 Å². The van der Waals surface area contributed by atoms with Crippen molar-refractivity contribution in [2.45, 2.75) is 6.42 Å². The van der Waals surface area contributed by atoms with Gasteiger partial charge in [-0.05, 0) is 23.1 Å². The summed E-state index contributed by atoms with van der Waals surface area (Å²) in [7, 11) is 0. The lowest BCUT2D eigenvalue weighted by Crippen LogP contribution is -2.14. The second-order valence-electron chi connectivity index (χ2n) is 5.06. The van der Waals surface area contributed by atoms with Gasteiger partial charge in [-0.25, -0.2) is 4.98 Å². The highest BCUT2D eigenvalue weighted by Crippen LogP contribution is 2.33. The van der Waals surface area contributed by atoms with Crippen LogP contribution in [0.4, 0.5) is 5.13 Å². The van der Waals surface area contributed by atoms with Gasteiger partial charge in [-0.1, -0.05) is 24.3 Å². The van der Waals surface area contributed by atoms with Crippen LogP contribution in [-0.2, 0) is 11.2 Å². The van der Waals surface area contributed by atoms with E-state index in [0.717, 1.165) is 27.0 Å². The number of H-pyrrole nitrogens is 1. The third kappa shape index (κ3) is 2.78. The van der Waals surface area contributed by atoms with Gasteiger partial charge in [0.25, 0.3) is 0 Å². The number of amides is 1. The molecular weight excluding hydrogens is 326 g/mol. The number of thiophene rings is 1. The molecule has 4 nitrogen and oxygen atoms in total. The normalized spacial score (nSPS) is 11.0. The van der Waals surface area contributed by atoms with E-state index in [4.69, 9.17) is 0 Å². The molecule has 0 saturated carbocycles. The zero-order valence-electron chi connectivity index (χ0n) is 12.1. The Balaban J connectivity index is 1.72. The molecule has 1 amide bonds. The highest BCUT2D eigenvalue weighted by molar-refractivity contribution is 7.14. The minimum absolute atomic E-state index is 0.0532. The number of benzene rings is 1. The molecule has 2 N–H and O–H groups in total. The number of carbonyl (C=O) groups excluding carboxylic acids is 1. The summed E-state index contributed by atoms with van der Waals surface area (Å²) in [6.45, 7) is 0. The largest absolute Gasteiger partial charge is 0.354 e. The van der Waals surface area contributed by atoms with Gasteiger partial charge in [0.05, 0.1) is 17.0 Å². The molecule has 3 aromatic heterocycles. The summed E-state index contributed by atoms with van der Waals surface area (Å²) < 4.78 is 0. The van der Waals surface area contributed by atoms with E-state index in [9.17, 15) is 4.79 Å². The first-order chi connectivity index (χ1) is 11.3. The van der Waals surface area contributed by atoms with Crippen LogP contribution >= 0.6 is 22.7 Å². The van der Waals surface area contributed by atoms with Crippen molar-refractivity contribution in [2.75, 3.05) is 5.32 Å².